The molecule has 0 spiro atoms. The standard InChI is InChI=1S/C9H12IN3O/c1-6-11-8(10)4-9(12-6)13-7-2-3-14-5-7/h4,7H,2-3,5H2,1H3,(H,11,12,13). The number of anilines is 1. The lowest BCUT2D eigenvalue weighted by atomic mass is 10.2. The van der Waals surface area contributed by atoms with Gasteiger partial charge in [0.1, 0.15) is 15.3 Å². The smallest absolute Gasteiger partial charge is 0.131 e. The van der Waals surface area contributed by atoms with Crippen LogP contribution in [0.5, 0.6) is 0 Å². The molecule has 0 saturated carbocycles. The second kappa shape index (κ2) is 4.39. The Bertz CT molecular complexity index is 306. The van der Waals surface area contributed by atoms with E-state index in [1.807, 2.05) is 13.0 Å². The number of hydrogen-bond acceptors (Lipinski definition) is 4. The molecule has 0 amide bonds. The monoisotopic (exact) mass is 305 g/mol. The Balaban J connectivity index is 2.07. The molecular formula is C9H12IN3O. The van der Waals surface area contributed by atoms with Crippen LogP contribution in [0.3, 0.4) is 0 Å². The quantitative estimate of drug-likeness (QED) is 0.666. The van der Waals surface area contributed by atoms with Crippen molar-refractivity contribution in [2.45, 2.75) is 19.4 Å². The van der Waals surface area contributed by atoms with Gasteiger partial charge in [0.15, 0.2) is 0 Å². The van der Waals surface area contributed by atoms with Crippen LogP contribution in [0.25, 0.3) is 0 Å². The normalized spacial score (nSPS) is 21.1. The van der Waals surface area contributed by atoms with Gasteiger partial charge in [0, 0.05) is 12.7 Å². The number of aromatic nitrogens is 2. The summed E-state index contributed by atoms with van der Waals surface area (Å²) < 4.78 is 6.25. The summed E-state index contributed by atoms with van der Waals surface area (Å²) in [6, 6.07) is 2.35. The van der Waals surface area contributed by atoms with Crippen LogP contribution in [0.15, 0.2) is 6.07 Å². The van der Waals surface area contributed by atoms with Gasteiger partial charge >= 0.3 is 0 Å². The average Bonchev–Trinajstić information content (AvgIpc) is 2.54. The Labute approximate surface area is 96.6 Å². The highest BCUT2D eigenvalue weighted by molar-refractivity contribution is 14.1. The molecule has 1 unspecified atom stereocenters. The Morgan fingerprint density at radius 1 is 1.57 bits per heavy atom. The number of nitrogens with zero attached hydrogens (tertiary/aromatic N) is 2. The highest BCUT2D eigenvalue weighted by Crippen LogP contribution is 2.13. The summed E-state index contributed by atoms with van der Waals surface area (Å²) >= 11 is 2.20. The van der Waals surface area contributed by atoms with E-state index in [1.54, 1.807) is 0 Å². The van der Waals surface area contributed by atoms with E-state index in [0.29, 0.717) is 6.04 Å². The topological polar surface area (TPSA) is 47.0 Å². The third-order valence-corrected chi connectivity index (χ3v) is 2.64. The van der Waals surface area contributed by atoms with Crippen molar-refractivity contribution < 1.29 is 4.74 Å². The van der Waals surface area contributed by atoms with Crippen LogP contribution in [0.1, 0.15) is 12.2 Å². The van der Waals surface area contributed by atoms with Crippen molar-refractivity contribution in [2.24, 2.45) is 0 Å². The van der Waals surface area contributed by atoms with Crippen molar-refractivity contribution in [3.63, 3.8) is 0 Å². The zero-order valence-corrected chi connectivity index (χ0v) is 10.1. The van der Waals surface area contributed by atoms with E-state index in [2.05, 4.69) is 37.9 Å². The van der Waals surface area contributed by atoms with Crippen LogP contribution < -0.4 is 5.32 Å². The molecule has 0 radical (unpaired) electrons. The molecule has 2 rings (SSSR count). The number of rotatable bonds is 2. The van der Waals surface area contributed by atoms with Crippen molar-refractivity contribution in [2.75, 3.05) is 18.5 Å². The fraction of sp³-hybridized carbons (Fsp3) is 0.556. The maximum Gasteiger partial charge on any atom is 0.131 e. The fourth-order valence-electron chi connectivity index (χ4n) is 1.46. The minimum atomic E-state index is 0.403. The van der Waals surface area contributed by atoms with Gasteiger partial charge in [-0.3, -0.25) is 0 Å². The molecule has 1 fully saturated rings. The first-order valence-corrected chi connectivity index (χ1v) is 5.67. The van der Waals surface area contributed by atoms with Crippen LogP contribution in [-0.2, 0) is 4.74 Å². The van der Waals surface area contributed by atoms with E-state index < -0.39 is 0 Å². The molecule has 0 aromatic carbocycles. The van der Waals surface area contributed by atoms with E-state index in [9.17, 15) is 0 Å². The summed E-state index contributed by atoms with van der Waals surface area (Å²) in [6.07, 6.45) is 1.06. The highest BCUT2D eigenvalue weighted by atomic mass is 127. The van der Waals surface area contributed by atoms with Crippen molar-refractivity contribution in [1.82, 2.24) is 9.97 Å². The van der Waals surface area contributed by atoms with E-state index in [0.717, 1.165) is 35.0 Å². The number of halogens is 1. The zero-order chi connectivity index (χ0) is 9.97. The van der Waals surface area contributed by atoms with Gasteiger partial charge in [-0.25, -0.2) is 9.97 Å². The SMILES string of the molecule is Cc1nc(I)cc(NC2CCOC2)n1. The van der Waals surface area contributed by atoms with E-state index in [4.69, 9.17) is 4.74 Å². The number of ether oxygens (including phenoxy) is 1. The number of nitrogens with one attached hydrogen (secondary N) is 1. The van der Waals surface area contributed by atoms with Gasteiger partial charge in [-0.15, -0.1) is 0 Å². The first kappa shape index (κ1) is 10.1. The molecular weight excluding hydrogens is 293 g/mol. The van der Waals surface area contributed by atoms with Crippen LogP contribution in [-0.4, -0.2) is 29.2 Å². The fourth-order valence-corrected chi connectivity index (χ4v) is 2.11. The van der Waals surface area contributed by atoms with Crippen LogP contribution in [0.2, 0.25) is 0 Å². The lowest BCUT2D eigenvalue weighted by molar-refractivity contribution is 0.195. The minimum Gasteiger partial charge on any atom is -0.379 e. The molecule has 14 heavy (non-hydrogen) atoms. The molecule has 1 aromatic rings. The van der Waals surface area contributed by atoms with Gasteiger partial charge in [0.25, 0.3) is 0 Å². The van der Waals surface area contributed by atoms with Crippen LogP contribution >= 0.6 is 22.6 Å². The lowest BCUT2D eigenvalue weighted by Gasteiger charge is -2.11. The average molecular weight is 305 g/mol. The summed E-state index contributed by atoms with van der Waals surface area (Å²) in [4.78, 5) is 8.53. The third-order valence-electron chi connectivity index (χ3n) is 2.09. The molecule has 2 heterocycles. The summed E-state index contributed by atoms with van der Waals surface area (Å²) in [5.41, 5.74) is 0. The Morgan fingerprint density at radius 3 is 3.07 bits per heavy atom. The van der Waals surface area contributed by atoms with E-state index in [-0.39, 0.29) is 0 Å². The first-order valence-electron chi connectivity index (χ1n) is 4.59. The van der Waals surface area contributed by atoms with Gasteiger partial charge in [-0.2, -0.15) is 0 Å². The van der Waals surface area contributed by atoms with Crippen molar-refractivity contribution in [3.05, 3.63) is 15.6 Å². The van der Waals surface area contributed by atoms with Gasteiger partial charge < -0.3 is 10.1 Å². The largest absolute Gasteiger partial charge is 0.379 e. The zero-order valence-electron chi connectivity index (χ0n) is 7.96. The molecule has 5 heteroatoms. The molecule has 76 valence electrons. The second-order valence-corrected chi connectivity index (χ2v) is 4.43. The van der Waals surface area contributed by atoms with Crippen molar-refractivity contribution >= 4 is 28.4 Å². The summed E-state index contributed by atoms with van der Waals surface area (Å²) in [7, 11) is 0. The van der Waals surface area contributed by atoms with Crippen molar-refractivity contribution in [1.29, 1.82) is 0 Å². The maximum absolute atomic E-state index is 5.28. The molecule has 1 N–H and O–H groups in total. The van der Waals surface area contributed by atoms with Gasteiger partial charge in [0.2, 0.25) is 0 Å². The van der Waals surface area contributed by atoms with Crippen LogP contribution in [0.4, 0.5) is 5.82 Å². The minimum absolute atomic E-state index is 0.403. The summed E-state index contributed by atoms with van der Waals surface area (Å²) in [5.74, 6) is 1.70. The first-order chi connectivity index (χ1) is 6.74. The number of hydrogen-bond donors (Lipinski definition) is 1. The van der Waals surface area contributed by atoms with Gasteiger partial charge in [-0.1, -0.05) is 0 Å². The predicted octanol–water partition coefficient (Wildman–Crippen LogP) is 1.59. The second-order valence-electron chi connectivity index (χ2n) is 3.33. The molecule has 0 bridgehead atoms. The summed E-state index contributed by atoms with van der Waals surface area (Å²) in [5, 5.41) is 3.34. The molecule has 1 aliphatic rings. The molecule has 0 aliphatic carbocycles. The Kier molecular flexibility index (Phi) is 3.17. The van der Waals surface area contributed by atoms with Gasteiger partial charge in [0.05, 0.1) is 12.6 Å². The molecule has 4 nitrogen and oxygen atoms in total. The van der Waals surface area contributed by atoms with Crippen molar-refractivity contribution in [3.8, 4) is 0 Å². The lowest BCUT2D eigenvalue weighted by Crippen LogP contribution is -2.20. The van der Waals surface area contributed by atoms with Crippen LogP contribution in [0, 0.1) is 10.6 Å². The Morgan fingerprint density at radius 2 is 2.43 bits per heavy atom. The molecule has 1 atom stereocenters. The van der Waals surface area contributed by atoms with E-state index in [1.165, 1.54) is 0 Å². The summed E-state index contributed by atoms with van der Waals surface area (Å²) in [6.45, 7) is 3.52. The molecule has 1 aliphatic heterocycles. The van der Waals surface area contributed by atoms with Gasteiger partial charge in [-0.05, 0) is 35.9 Å². The molecule has 1 saturated heterocycles. The van der Waals surface area contributed by atoms with E-state index >= 15 is 0 Å². The highest BCUT2D eigenvalue weighted by Gasteiger charge is 2.15. The predicted molar refractivity (Wildman–Crippen MR) is 62.3 cm³/mol. The number of aryl methyl sites for hydroxylation is 1. The third kappa shape index (κ3) is 2.54. The maximum atomic E-state index is 5.28. The Hall–Kier alpha value is -0.430. The molecule has 1 aromatic heterocycles.